The number of amides is 2. The van der Waals surface area contributed by atoms with E-state index in [4.69, 9.17) is 0 Å². The molecule has 2 amide bonds. The number of fused-ring (bicyclic) bond motifs is 1. The van der Waals surface area contributed by atoms with E-state index in [1.165, 1.54) is 29.8 Å². The van der Waals surface area contributed by atoms with Gasteiger partial charge in [0.25, 0.3) is 11.5 Å². The monoisotopic (exact) mass is 482 g/mol. The summed E-state index contributed by atoms with van der Waals surface area (Å²) in [6.45, 7) is 2.37. The molecule has 0 bridgehead atoms. The summed E-state index contributed by atoms with van der Waals surface area (Å²) in [6, 6.07) is 7.72. The molecule has 1 fully saturated rings. The summed E-state index contributed by atoms with van der Waals surface area (Å²) in [7, 11) is 0. The van der Waals surface area contributed by atoms with Gasteiger partial charge in [0.1, 0.15) is 16.9 Å². The summed E-state index contributed by atoms with van der Waals surface area (Å²) < 4.78 is 14.6. The van der Waals surface area contributed by atoms with Crippen LogP contribution in [0.4, 0.5) is 4.39 Å². The largest absolute Gasteiger partial charge is 0.505 e. The minimum atomic E-state index is -0.836. The molecule has 2 aromatic heterocycles. The van der Waals surface area contributed by atoms with Crippen LogP contribution >= 0.6 is 0 Å². The predicted molar refractivity (Wildman–Crippen MR) is 127 cm³/mol. The fraction of sp³-hybridized carbons (Fsp3) is 0.360. The highest BCUT2D eigenvalue weighted by atomic mass is 19.1. The van der Waals surface area contributed by atoms with Crippen LogP contribution in [0.2, 0.25) is 0 Å². The fourth-order valence-electron chi connectivity index (χ4n) is 4.20. The van der Waals surface area contributed by atoms with Crippen molar-refractivity contribution in [1.82, 2.24) is 19.8 Å². The average Bonchev–Trinajstić information content (AvgIpc) is 3.23. The van der Waals surface area contributed by atoms with Crippen molar-refractivity contribution in [2.24, 2.45) is 0 Å². The molecule has 1 aliphatic rings. The van der Waals surface area contributed by atoms with E-state index in [1.807, 2.05) is 0 Å². The quantitative estimate of drug-likeness (QED) is 0.448. The van der Waals surface area contributed by atoms with Crippen LogP contribution in [0.15, 0.2) is 41.3 Å². The lowest BCUT2D eigenvalue weighted by Gasteiger charge is -2.19. The second-order valence-electron chi connectivity index (χ2n) is 8.74. The number of rotatable bonds is 8. The molecule has 3 N–H and O–H groups in total. The molecule has 3 heterocycles. The third-order valence-corrected chi connectivity index (χ3v) is 6.01. The van der Waals surface area contributed by atoms with Gasteiger partial charge in [-0.15, -0.1) is 0 Å². The van der Waals surface area contributed by atoms with Crippen molar-refractivity contribution in [3.05, 3.63) is 69.4 Å². The summed E-state index contributed by atoms with van der Waals surface area (Å²) in [6.07, 6.45) is 2.32. The first kappa shape index (κ1) is 24.3. The molecule has 1 saturated heterocycles. The van der Waals surface area contributed by atoms with Crippen molar-refractivity contribution in [1.29, 1.82) is 0 Å². The Morgan fingerprint density at radius 3 is 2.60 bits per heavy atom. The Morgan fingerprint density at radius 1 is 1.20 bits per heavy atom. The molecule has 0 unspecified atom stereocenters. The van der Waals surface area contributed by atoms with Crippen LogP contribution in [-0.4, -0.2) is 62.2 Å². The highest BCUT2D eigenvalue weighted by Crippen LogP contribution is 2.26. The normalized spacial score (nSPS) is 14.5. The summed E-state index contributed by atoms with van der Waals surface area (Å²) in [5.41, 5.74) is 0.769. The van der Waals surface area contributed by atoms with E-state index in [0.717, 1.165) is 17.5 Å². The first-order chi connectivity index (χ1) is 16.7. The summed E-state index contributed by atoms with van der Waals surface area (Å²) in [5.74, 6) is -1.71. The van der Waals surface area contributed by atoms with Crippen LogP contribution < -0.4 is 10.9 Å². The third-order valence-electron chi connectivity index (χ3n) is 6.01. The highest BCUT2D eigenvalue weighted by Gasteiger charge is 2.25. The number of aliphatic hydroxyl groups excluding tert-OH is 1. The Hall–Kier alpha value is -3.79. The number of hydrogen-bond donors (Lipinski definition) is 3. The third kappa shape index (κ3) is 5.32. The zero-order chi connectivity index (χ0) is 25.1. The van der Waals surface area contributed by atoms with Gasteiger partial charge in [0.15, 0.2) is 5.75 Å². The minimum Gasteiger partial charge on any atom is -0.505 e. The van der Waals surface area contributed by atoms with Crippen molar-refractivity contribution in [3.63, 3.8) is 0 Å². The van der Waals surface area contributed by atoms with Crippen LogP contribution in [-0.2, 0) is 17.8 Å². The maximum Gasteiger partial charge on any atom is 0.267 e. The molecule has 1 aromatic carbocycles. The number of aromatic nitrogens is 2. The molecule has 0 radical (unpaired) electrons. The minimum absolute atomic E-state index is 0.00570. The van der Waals surface area contributed by atoms with E-state index in [1.54, 1.807) is 23.1 Å². The number of aliphatic hydroxyl groups is 1. The maximum atomic E-state index is 13.4. The number of nitrogens with zero attached hydrogens (tertiary/aromatic N) is 3. The lowest BCUT2D eigenvalue weighted by Crippen LogP contribution is -2.38. The smallest absolute Gasteiger partial charge is 0.267 e. The van der Waals surface area contributed by atoms with E-state index in [2.05, 4.69) is 10.3 Å². The van der Waals surface area contributed by atoms with Crippen molar-refractivity contribution in [3.8, 4) is 5.75 Å². The Labute approximate surface area is 200 Å². The van der Waals surface area contributed by atoms with Gasteiger partial charge in [-0.25, -0.2) is 4.39 Å². The Morgan fingerprint density at radius 2 is 1.94 bits per heavy atom. The molecule has 35 heavy (non-hydrogen) atoms. The molecule has 3 aromatic rings. The van der Waals surface area contributed by atoms with E-state index < -0.39 is 28.9 Å². The molecular formula is C25H27FN4O5. The van der Waals surface area contributed by atoms with Gasteiger partial charge in [0.2, 0.25) is 5.91 Å². The number of carbonyl (C=O) groups excluding carboxylic acids is 2. The SMILES string of the molecule is C[C@@H](O)CNC(=O)c1c(O)c2ncc(Cc3ccc(F)cc3)cc2n(CCN2CCCC2=O)c1=O. The average molecular weight is 483 g/mol. The number of aromatic hydroxyl groups is 1. The Bertz CT molecular complexity index is 1320. The van der Waals surface area contributed by atoms with E-state index in [0.29, 0.717) is 24.9 Å². The van der Waals surface area contributed by atoms with Crippen molar-refractivity contribution >= 4 is 22.8 Å². The number of carbonyl (C=O) groups is 2. The van der Waals surface area contributed by atoms with Gasteiger partial charge in [-0.05, 0) is 49.1 Å². The van der Waals surface area contributed by atoms with Crippen molar-refractivity contribution in [2.45, 2.75) is 38.8 Å². The van der Waals surface area contributed by atoms with Gasteiger partial charge in [0, 0.05) is 38.8 Å². The summed E-state index contributed by atoms with van der Waals surface area (Å²) in [5, 5.41) is 22.7. The molecule has 0 aliphatic carbocycles. The molecule has 4 rings (SSSR count). The van der Waals surface area contributed by atoms with Crippen LogP contribution in [0.5, 0.6) is 5.75 Å². The summed E-state index contributed by atoms with van der Waals surface area (Å²) in [4.78, 5) is 44.2. The number of nitrogens with one attached hydrogen (secondary N) is 1. The maximum absolute atomic E-state index is 13.4. The number of hydrogen-bond acceptors (Lipinski definition) is 6. The van der Waals surface area contributed by atoms with Crippen molar-refractivity contribution < 1.29 is 24.2 Å². The Balaban J connectivity index is 1.77. The molecule has 10 heteroatoms. The molecule has 1 aliphatic heterocycles. The lowest BCUT2D eigenvalue weighted by atomic mass is 10.1. The molecule has 0 saturated carbocycles. The molecular weight excluding hydrogens is 455 g/mol. The second-order valence-corrected chi connectivity index (χ2v) is 8.74. The first-order valence-electron chi connectivity index (χ1n) is 11.5. The van der Waals surface area contributed by atoms with Gasteiger partial charge in [-0.3, -0.25) is 19.4 Å². The van der Waals surface area contributed by atoms with Crippen LogP contribution in [0.25, 0.3) is 11.0 Å². The molecule has 0 spiro atoms. The molecule has 184 valence electrons. The zero-order valence-electron chi connectivity index (χ0n) is 19.3. The highest BCUT2D eigenvalue weighted by molar-refractivity contribution is 6.01. The van der Waals surface area contributed by atoms with Gasteiger partial charge >= 0.3 is 0 Å². The lowest BCUT2D eigenvalue weighted by molar-refractivity contribution is -0.127. The Kier molecular flexibility index (Phi) is 7.11. The summed E-state index contributed by atoms with van der Waals surface area (Å²) >= 11 is 0. The number of likely N-dealkylation sites (tertiary alicyclic amines) is 1. The second kappa shape index (κ2) is 10.2. The van der Waals surface area contributed by atoms with Crippen molar-refractivity contribution in [2.75, 3.05) is 19.6 Å². The van der Waals surface area contributed by atoms with Gasteiger partial charge in [0.05, 0.1) is 11.6 Å². The van der Waals surface area contributed by atoms with E-state index in [9.17, 15) is 29.0 Å². The fourth-order valence-corrected chi connectivity index (χ4v) is 4.20. The van der Waals surface area contributed by atoms with E-state index in [-0.39, 0.29) is 36.9 Å². The first-order valence-corrected chi connectivity index (χ1v) is 11.5. The van der Waals surface area contributed by atoms with Crippen LogP contribution in [0.1, 0.15) is 41.3 Å². The standard InChI is InChI=1S/C25H27FN4O5/c1-15(31)13-28-24(34)21-23(33)22-19(30(25(21)35)10-9-29-8-2-3-20(29)32)12-17(14-27-22)11-16-4-6-18(26)7-5-16/h4-7,12,14-15,31,33H,2-3,8-11,13H2,1H3,(H,28,34)/t15-/m1/s1. The van der Waals surface area contributed by atoms with Gasteiger partial charge in [-0.2, -0.15) is 0 Å². The number of pyridine rings is 2. The molecule has 1 atom stereocenters. The molecule has 9 nitrogen and oxygen atoms in total. The van der Waals surface area contributed by atoms with Gasteiger partial charge < -0.3 is 25.0 Å². The predicted octanol–water partition coefficient (Wildman–Crippen LogP) is 1.57. The number of halogens is 1. The number of benzene rings is 1. The topological polar surface area (TPSA) is 125 Å². The van der Waals surface area contributed by atoms with Crippen LogP contribution in [0, 0.1) is 5.82 Å². The van der Waals surface area contributed by atoms with E-state index >= 15 is 0 Å². The zero-order valence-corrected chi connectivity index (χ0v) is 19.3. The van der Waals surface area contributed by atoms with Gasteiger partial charge in [-0.1, -0.05) is 12.1 Å². The van der Waals surface area contributed by atoms with Crippen LogP contribution in [0.3, 0.4) is 0 Å².